The molecule has 0 aromatic heterocycles. The molecule has 0 spiro atoms. The average Bonchev–Trinajstić information content (AvgIpc) is 2.78. The zero-order valence-electron chi connectivity index (χ0n) is 18.4. The van der Waals surface area contributed by atoms with Gasteiger partial charge >= 0.3 is 0 Å². The monoisotopic (exact) mass is 514 g/mol. The molecule has 168 valence electrons. The third kappa shape index (κ3) is 5.58. The molecule has 5 nitrogen and oxygen atoms in total. The molecule has 1 unspecified atom stereocenters. The van der Waals surface area contributed by atoms with Crippen molar-refractivity contribution < 1.29 is 13.2 Å². The number of carbonyl (C=O) groups is 1. The topological polar surface area (TPSA) is 66.5 Å². The minimum atomic E-state index is -3.93. The number of sulfonamides is 1. The quantitative estimate of drug-likeness (QED) is 0.429. The Kier molecular flexibility index (Phi) is 7.74. The molecule has 3 aromatic carbocycles. The first-order chi connectivity index (χ1) is 15.2. The molecule has 0 saturated heterocycles. The van der Waals surface area contributed by atoms with E-state index in [2.05, 4.69) is 27.3 Å². The Hall–Kier alpha value is -2.64. The van der Waals surface area contributed by atoms with Gasteiger partial charge in [0.05, 0.1) is 16.6 Å². The van der Waals surface area contributed by atoms with Crippen LogP contribution in [0.3, 0.4) is 0 Å². The number of nitrogens with zero attached hydrogens (tertiary/aromatic N) is 1. The van der Waals surface area contributed by atoms with Crippen LogP contribution in [-0.2, 0) is 14.8 Å². The second kappa shape index (κ2) is 10.3. The fourth-order valence-electron chi connectivity index (χ4n) is 3.44. The van der Waals surface area contributed by atoms with Gasteiger partial charge in [-0.3, -0.25) is 9.10 Å². The summed E-state index contributed by atoms with van der Waals surface area (Å²) in [6.45, 7) is 5.75. The smallest absolute Gasteiger partial charge is 0.264 e. The first-order valence-corrected chi connectivity index (χ1v) is 12.7. The molecule has 0 fully saturated rings. The summed E-state index contributed by atoms with van der Waals surface area (Å²) >= 11 is 3.39. The molecule has 3 aromatic rings. The summed E-state index contributed by atoms with van der Waals surface area (Å²) in [6, 6.07) is 21.0. The number of amides is 1. The van der Waals surface area contributed by atoms with Gasteiger partial charge in [0.1, 0.15) is 6.54 Å². The highest BCUT2D eigenvalue weighted by Gasteiger charge is 2.28. The highest BCUT2D eigenvalue weighted by molar-refractivity contribution is 9.10. The first kappa shape index (κ1) is 24.0. The summed E-state index contributed by atoms with van der Waals surface area (Å²) in [4.78, 5) is 13.2. The van der Waals surface area contributed by atoms with Crippen LogP contribution >= 0.6 is 15.9 Å². The van der Waals surface area contributed by atoms with E-state index in [4.69, 9.17) is 0 Å². The molecule has 32 heavy (non-hydrogen) atoms. The predicted molar refractivity (Wildman–Crippen MR) is 132 cm³/mol. The van der Waals surface area contributed by atoms with E-state index in [0.29, 0.717) is 12.1 Å². The second-order valence-corrected chi connectivity index (χ2v) is 10.5. The Morgan fingerprint density at radius 1 is 0.969 bits per heavy atom. The van der Waals surface area contributed by atoms with E-state index in [-0.39, 0.29) is 23.4 Å². The van der Waals surface area contributed by atoms with Crippen molar-refractivity contribution in [2.75, 3.05) is 10.8 Å². The third-order valence-electron chi connectivity index (χ3n) is 5.39. The molecule has 3 rings (SSSR count). The Balaban J connectivity index is 1.90. The molecule has 0 heterocycles. The fraction of sp³-hybridized carbons (Fsp3) is 0.240. The van der Waals surface area contributed by atoms with Gasteiger partial charge in [-0.2, -0.15) is 0 Å². The summed E-state index contributed by atoms with van der Waals surface area (Å²) in [5.41, 5.74) is 3.75. The van der Waals surface area contributed by atoms with Crippen LogP contribution in [0.4, 0.5) is 5.69 Å². The Labute approximate surface area is 198 Å². The van der Waals surface area contributed by atoms with E-state index >= 15 is 0 Å². The van der Waals surface area contributed by atoms with Gasteiger partial charge in [0.15, 0.2) is 0 Å². The fourth-order valence-corrected chi connectivity index (χ4v) is 5.26. The van der Waals surface area contributed by atoms with Gasteiger partial charge in [-0.15, -0.1) is 0 Å². The highest BCUT2D eigenvalue weighted by atomic mass is 79.9. The van der Waals surface area contributed by atoms with Crippen LogP contribution in [-0.4, -0.2) is 20.9 Å². The number of halogens is 1. The minimum absolute atomic E-state index is 0.133. The molecule has 1 N–H and O–H groups in total. The molecule has 0 bridgehead atoms. The Morgan fingerprint density at radius 3 is 2.31 bits per heavy atom. The second-order valence-electron chi connectivity index (χ2n) is 7.68. The minimum Gasteiger partial charge on any atom is -0.348 e. The lowest BCUT2D eigenvalue weighted by atomic mass is 9.99. The SMILES string of the molecule is CCC(NC(=O)CN(c1cccc(Br)c1)S(=O)(=O)c1ccccc1)c1ccc(C)c(C)c1. The van der Waals surface area contributed by atoms with Crippen LogP contribution in [0.1, 0.15) is 36.1 Å². The predicted octanol–water partition coefficient (Wildman–Crippen LogP) is 5.53. The number of hydrogen-bond donors (Lipinski definition) is 1. The number of aryl methyl sites for hydroxylation is 2. The van der Waals surface area contributed by atoms with Crippen molar-refractivity contribution in [3.05, 3.63) is 94.0 Å². The van der Waals surface area contributed by atoms with E-state index < -0.39 is 10.0 Å². The van der Waals surface area contributed by atoms with E-state index in [0.717, 1.165) is 19.9 Å². The number of carbonyl (C=O) groups excluding carboxylic acids is 1. The number of rotatable bonds is 8. The van der Waals surface area contributed by atoms with Crippen LogP contribution in [0.25, 0.3) is 0 Å². The van der Waals surface area contributed by atoms with Crippen LogP contribution in [0.15, 0.2) is 82.2 Å². The van der Waals surface area contributed by atoms with Gasteiger partial charge < -0.3 is 5.32 Å². The van der Waals surface area contributed by atoms with Gasteiger partial charge in [0.2, 0.25) is 5.91 Å². The first-order valence-electron chi connectivity index (χ1n) is 10.4. The third-order valence-corrected chi connectivity index (χ3v) is 7.67. The highest BCUT2D eigenvalue weighted by Crippen LogP contribution is 2.26. The normalized spacial score (nSPS) is 12.2. The van der Waals surface area contributed by atoms with E-state index in [1.165, 1.54) is 17.7 Å². The van der Waals surface area contributed by atoms with E-state index in [1.54, 1.807) is 36.4 Å². The zero-order chi connectivity index (χ0) is 23.3. The van der Waals surface area contributed by atoms with Crippen molar-refractivity contribution in [3.8, 4) is 0 Å². The molecule has 1 amide bonds. The number of hydrogen-bond acceptors (Lipinski definition) is 3. The van der Waals surface area contributed by atoms with Crippen molar-refractivity contribution in [2.45, 2.75) is 38.1 Å². The van der Waals surface area contributed by atoms with E-state index in [9.17, 15) is 13.2 Å². The number of anilines is 1. The molecule has 0 saturated carbocycles. The number of nitrogens with one attached hydrogen (secondary N) is 1. The van der Waals surface area contributed by atoms with Crippen LogP contribution in [0, 0.1) is 13.8 Å². The largest absolute Gasteiger partial charge is 0.348 e. The van der Waals surface area contributed by atoms with Gasteiger partial charge in [-0.05, 0) is 67.3 Å². The van der Waals surface area contributed by atoms with Crippen molar-refractivity contribution in [1.29, 1.82) is 0 Å². The van der Waals surface area contributed by atoms with Crippen LogP contribution < -0.4 is 9.62 Å². The molecule has 0 radical (unpaired) electrons. The van der Waals surface area contributed by atoms with Crippen LogP contribution in [0.2, 0.25) is 0 Å². The van der Waals surface area contributed by atoms with Gasteiger partial charge in [0.25, 0.3) is 10.0 Å². The summed E-state index contributed by atoms with van der Waals surface area (Å²) in [5, 5.41) is 3.01. The standard InChI is InChI=1S/C25H27BrN2O3S/c1-4-24(20-14-13-18(2)19(3)15-20)27-25(29)17-28(22-10-8-9-21(26)16-22)32(30,31)23-11-6-5-7-12-23/h5-16,24H,4,17H2,1-3H3,(H,27,29). The van der Waals surface area contributed by atoms with E-state index in [1.807, 2.05) is 39.0 Å². The maximum Gasteiger partial charge on any atom is 0.264 e. The lowest BCUT2D eigenvalue weighted by molar-refractivity contribution is -0.120. The zero-order valence-corrected chi connectivity index (χ0v) is 20.8. The molecule has 0 aliphatic carbocycles. The average molecular weight is 515 g/mol. The summed E-state index contributed by atoms with van der Waals surface area (Å²) in [6.07, 6.45) is 0.691. The Morgan fingerprint density at radius 2 is 1.69 bits per heavy atom. The van der Waals surface area contributed by atoms with Crippen LogP contribution in [0.5, 0.6) is 0 Å². The van der Waals surface area contributed by atoms with Gasteiger partial charge in [-0.25, -0.2) is 8.42 Å². The molecule has 1 atom stereocenters. The van der Waals surface area contributed by atoms with Crippen molar-refractivity contribution >= 4 is 37.5 Å². The maximum absolute atomic E-state index is 13.4. The number of benzene rings is 3. The van der Waals surface area contributed by atoms with Crippen molar-refractivity contribution in [3.63, 3.8) is 0 Å². The molecule has 7 heteroatoms. The molecule has 0 aliphatic rings. The molecular formula is C25H27BrN2O3S. The molecule has 0 aliphatic heterocycles. The van der Waals surface area contributed by atoms with Crippen molar-refractivity contribution in [2.24, 2.45) is 0 Å². The maximum atomic E-state index is 13.4. The summed E-state index contributed by atoms with van der Waals surface area (Å²) in [7, 11) is -3.93. The molecular weight excluding hydrogens is 488 g/mol. The van der Waals surface area contributed by atoms with Crippen molar-refractivity contribution in [1.82, 2.24) is 5.32 Å². The lowest BCUT2D eigenvalue weighted by Gasteiger charge is -2.26. The summed E-state index contributed by atoms with van der Waals surface area (Å²) < 4.78 is 28.7. The Bertz CT molecular complexity index is 1200. The van der Waals surface area contributed by atoms with Gasteiger partial charge in [0, 0.05) is 4.47 Å². The lowest BCUT2D eigenvalue weighted by Crippen LogP contribution is -2.42. The summed E-state index contributed by atoms with van der Waals surface area (Å²) in [5.74, 6) is -0.366. The van der Waals surface area contributed by atoms with Gasteiger partial charge in [-0.1, -0.05) is 65.3 Å².